The molecule has 3 heteroatoms. The van der Waals surface area contributed by atoms with Gasteiger partial charge in [-0.3, -0.25) is 0 Å². The number of nitrogens with one attached hydrogen (secondary N) is 1. The van der Waals surface area contributed by atoms with Gasteiger partial charge in [0, 0.05) is 11.1 Å². The monoisotopic (exact) mass is 271 g/mol. The minimum Gasteiger partial charge on any atom is -0.313 e. The van der Waals surface area contributed by atoms with E-state index >= 15 is 0 Å². The molecule has 18 heavy (non-hydrogen) atoms. The summed E-state index contributed by atoms with van der Waals surface area (Å²) in [4.78, 5) is 0. The molecule has 1 atom stereocenters. The summed E-state index contributed by atoms with van der Waals surface area (Å²) in [5, 5.41) is 3.95. The summed E-state index contributed by atoms with van der Waals surface area (Å²) in [5.74, 6) is 0.283. The third-order valence-electron chi connectivity index (χ3n) is 3.39. The fraction of sp³-hybridized carbons (Fsp3) is 0.600. The van der Waals surface area contributed by atoms with E-state index in [0.29, 0.717) is 10.9 Å². The van der Waals surface area contributed by atoms with Gasteiger partial charge in [0.25, 0.3) is 0 Å². The molecule has 0 radical (unpaired) electrons. The summed E-state index contributed by atoms with van der Waals surface area (Å²) in [6, 6.07) is 4.74. The smallest absolute Gasteiger partial charge is 0.123 e. The van der Waals surface area contributed by atoms with E-state index in [1.54, 1.807) is 12.1 Å². The summed E-state index contributed by atoms with van der Waals surface area (Å²) in [7, 11) is 1.92. The molecule has 1 nitrogen and oxygen atoms in total. The standard InChI is InChI=1S/C15H23ClFN/c1-4-6-11(7-5-2)15(18-3)13-10-12(17)8-9-14(13)16/h8-11,15,18H,4-7H2,1-3H3. The van der Waals surface area contributed by atoms with Crippen molar-refractivity contribution in [2.24, 2.45) is 5.92 Å². The van der Waals surface area contributed by atoms with Gasteiger partial charge in [0.15, 0.2) is 0 Å². The van der Waals surface area contributed by atoms with Crippen LogP contribution in [0.15, 0.2) is 18.2 Å². The molecule has 1 unspecified atom stereocenters. The van der Waals surface area contributed by atoms with Crippen molar-refractivity contribution in [3.05, 3.63) is 34.6 Å². The predicted octanol–water partition coefficient (Wildman–Crippen LogP) is 4.96. The highest BCUT2D eigenvalue weighted by molar-refractivity contribution is 6.31. The van der Waals surface area contributed by atoms with Crippen LogP contribution in [0.5, 0.6) is 0 Å². The first-order valence-electron chi connectivity index (χ1n) is 6.76. The molecule has 0 fully saturated rings. The highest BCUT2D eigenvalue weighted by Gasteiger charge is 2.22. The second kappa shape index (κ2) is 7.75. The van der Waals surface area contributed by atoms with Gasteiger partial charge in [-0.1, -0.05) is 38.3 Å². The fourth-order valence-electron chi connectivity index (χ4n) is 2.62. The summed E-state index contributed by atoms with van der Waals surface area (Å²) in [6.45, 7) is 4.37. The Labute approximate surface area is 115 Å². The molecule has 1 aromatic rings. The second-order valence-corrected chi connectivity index (χ2v) is 5.18. The van der Waals surface area contributed by atoms with Crippen LogP contribution in [0.2, 0.25) is 5.02 Å². The van der Waals surface area contributed by atoms with Crippen LogP contribution in [0.4, 0.5) is 4.39 Å². The number of benzene rings is 1. The zero-order valence-corrected chi connectivity index (χ0v) is 12.2. The van der Waals surface area contributed by atoms with Crippen molar-refractivity contribution in [2.45, 2.75) is 45.6 Å². The highest BCUT2D eigenvalue weighted by atomic mass is 35.5. The van der Waals surface area contributed by atoms with Gasteiger partial charge in [-0.2, -0.15) is 0 Å². The maximum absolute atomic E-state index is 13.4. The quantitative estimate of drug-likeness (QED) is 0.739. The molecule has 1 rings (SSSR count). The Morgan fingerprint density at radius 2 is 1.83 bits per heavy atom. The predicted molar refractivity (Wildman–Crippen MR) is 76.5 cm³/mol. The molecule has 0 amide bonds. The molecule has 0 aliphatic heterocycles. The summed E-state index contributed by atoms with van der Waals surface area (Å²) in [5.41, 5.74) is 0.881. The van der Waals surface area contributed by atoms with Crippen molar-refractivity contribution in [3.63, 3.8) is 0 Å². The lowest BCUT2D eigenvalue weighted by Gasteiger charge is -2.27. The Kier molecular flexibility index (Phi) is 6.66. The number of hydrogen-bond acceptors (Lipinski definition) is 1. The van der Waals surface area contributed by atoms with Gasteiger partial charge in [-0.15, -0.1) is 0 Å². The largest absolute Gasteiger partial charge is 0.313 e. The summed E-state index contributed by atoms with van der Waals surface area (Å²) >= 11 is 6.21. The highest BCUT2D eigenvalue weighted by Crippen LogP contribution is 2.33. The van der Waals surface area contributed by atoms with Crippen molar-refractivity contribution in [2.75, 3.05) is 7.05 Å². The van der Waals surface area contributed by atoms with E-state index < -0.39 is 0 Å². The Bertz CT molecular complexity index is 362. The van der Waals surface area contributed by atoms with Crippen LogP contribution in [0.25, 0.3) is 0 Å². The Balaban J connectivity index is 3.01. The molecule has 1 aromatic carbocycles. The van der Waals surface area contributed by atoms with Crippen molar-refractivity contribution < 1.29 is 4.39 Å². The number of rotatable bonds is 7. The van der Waals surface area contributed by atoms with E-state index in [-0.39, 0.29) is 11.9 Å². The molecular weight excluding hydrogens is 249 g/mol. The molecule has 0 aliphatic rings. The van der Waals surface area contributed by atoms with Crippen molar-refractivity contribution in [1.82, 2.24) is 5.32 Å². The molecule has 0 heterocycles. The topological polar surface area (TPSA) is 12.0 Å². The first-order chi connectivity index (χ1) is 8.63. The van der Waals surface area contributed by atoms with E-state index in [2.05, 4.69) is 19.2 Å². The minimum absolute atomic E-state index is 0.132. The van der Waals surface area contributed by atoms with E-state index in [0.717, 1.165) is 31.2 Å². The molecule has 102 valence electrons. The maximum atomic E-state index is 13.4. The first-order valence-corrected chi connectivity index (χ1v) is 7.14. The van der Waals surface area contributed by atoms with Crippen molar-refractivity contribution in [1.29, 1.82) is 0 Å². The van der Waals surface area contributed by atoms with E-state index in [4.69, 9.17) is 11.6 Å². The van der Waals surface area contributed by atoms with Crippen LogP contribution < -0.4 is 5.32 Å². The molecular formula is C15H23ClFN. The van der Waals surface area contributed by atoms with Crippen LogP contribution in [-0.2, 0) is 0 Å². The first kappa shape index (κ1) is 15.5. The van der Waals surface area contributed by atoms with Crippen LogP contribution in [0.1, 0.15) is 51.1 Å². The third-order valence-corrected chi connectivity index (χ3v) is 3.74. The molecule has 0 saturated heterocycles. The molecule has 0 saturated carbocycles. The second-order valence-electron chi connectivity index (χ2n) is 4.77. The van der Waals surface area contributed by atoms with Gasteiger partial charge in [0.05, 0.1) is 0 Å². The van der Waals surface area contributed by atoms with E-state index in [1.165, 1.54) is 6.07 Å². The van der Waals surface area contributed by atoms with Gasteiger partial charge < -0.3 is 5.32 Å². The van der Waals surface area contributed by atoms with Gasteiger partial charge in [-0.25, -0.2) is 4.39 Å². The average molecular weight is 272 g/mol. The Morgan fingerprint density at radius 3 is 2.33 bits per heavy atom. The lowest BCUT2D eigenvalue weighted by molar-refractivity contribution is 0.330. The van der Waals surface area contributed by atoms with Crippen LogP contribution >= 0.6 is 11.6 Å². The van der Waals surface area contributed by atoms with E-state index in [9.17, 15) is 4.39 Å². The minimum atomic E-state index is -0.221. The van der Waals surface area contributed by atoms with Gasteiger partial charge in [-0.05, 0) is 49.6 Å². The Morgan fingerprint density at radius 1 is 1.22 bits per heavy atom. The molecule has 0 aromatic heterocycles. The zero-order valence-electron chi connectivity index (χ0n) is 11.5. The number of halogens is 2. The number of hydrogen-bond donors (Lipinski definition) is 1. The SMILES string of the molecule is CCCC(CCC)C(NC)c1cc(F)ccc1Cl. The average Bonchev–Trinajstić information content (AvgIpc) is 2.35. The molecule has 1 N–H and O–H groups in total. The lowest BCUT2D eigenvalue weighted by atomic mass is 9.86. The Hall–Kier alpha value is -0.600. The lowest BCUT2D eigenvalue weighted by Crippen LogP contribution is -2.25. The van der Waals surface area contributed by atoms with Gasteiger partial charge in [0.1, 0.15) is 5.82 Å². The maximum Gasteiger partial charge on any atom is 0.123 e. The van der Waals surface area contributed by atoms with Gasteiger partial charge >= 0.3 is 0 Å². The summed E-state index contributed by atoms with van der Waals surface area (Å²) in [6.07, 6.45) is 4.53. The molecule has 0 spiro atoms. The normalized spacial score (nSPS) is 13.0. The fourth-order valence-corrected chi connectivity index (χ4v) is 2.85. The van der Waals surface area contributed by atoms with Crippen LogP contribution in [-0.4, -0.2) is 7.05 Å². The van der Waals surface area contributed by atoms with Crippen LogP contribution in [0.3, 0.4) is 0 Å². The van der Waals surface area contributed by atoms with Crippen molar-refractivity contribution in [3.8, 4) is 0 Å². The molecule has 0 bridgehead atoms. The molecule has 0 aliphatic carbocycles. The summed E-state index contributed by atoms with van der Waals surface area (Å²) < 4.78 is 13.4. The van der Waals surface area contributed by atoms with Crippen molar-refractivity contribution >= 4 is 11.6 Å². The third kappa shape index (κ3) is 3.96. The zero-order chi connectivity index (χ0) is 13.5. The van der Waals surface area contributed by atoms with Gasteiger partial charge in [0.2, 0.25) is 0 Å². The van der Waals surface area contributed by atoms with Crippen LogP contribution in [0, 0.1) is 11.7 Å². The van der Waals surface area contributed by atoms with E-state index in [1.807, 2.05) is 7.05 Å².